The van der Waals surface area contributed by atoms with Crippen molar-refractivity contribution in [2.24, 2.45) is 12.0 Å². The smallest absolute Gasteiger partial charge is 0.191 e. The van der Waals surface area contributed by atoms with Crippen LogP contribution in [0.3, 0.4) is 0 Å². The normalized spacial score (nSPS) is 17.0. The average Bonchev–Trinajstić information content (AvgIpc) is 3.49. The van der Waals surface area contributed by atoms with Gasteiger partial charge in [-0.3, -0.25) is 0 Å². The topological polar surface area (TPSA) is 81.3 Å². The fourth-order valence-electron chi connectivity index (χ4n) is 3.72. The number of aliphatic imine (C=N–C) groups is 1. The lowest BCUT2D eigenvalue weighted by Gasteiger charge is -2.16. The van der Waals surface area contributed by atoms with Gasteiger partial charge < -0.3 is 24.5 Å². The molecule has 1 unspecified atom stereocenters. The van der Waals surface area contributed by atoms with Gasteiger partial charge in [-0.25, -0.2) is 4.99 Å². The van der Waals surface area contributed by atoms with E-state index in [1.54, 1.807) is 0 Å². The summed E-state index contributed by atoms with van der Waals surface area (Å²) in [5.74, 6) is 2.54. The number of hydrogen-bond acceptors (Lipinski definition) is 4. The van der Waals surface area contributed by atoms with Crippen molar-refractivity contribution < 1.29 is 4.74 Å². The number of guanidine groups is 1. The van der Waals surface area contributed by atoms with Crippen LogP contribution in [0.1, 0.15) is 30.9 Å². The summed E-state index contributed by atoms with van der Waals surface area (Å²) in [5, 5.41) is 16.5. The van der Waals surface area contributed by atoms with E-state index in [-0.39, 0.29) is 6.10 Å². The van der Waals surface area contributed by atoms with Crippen LogP contribution in [0.5, 0.6) is 0 Å². The van der Waals surface area contributed by atoms with Crippen LogP contribution in [0, 0.1) is 6.92 Å². The number of aryl methyl sites for hydroxylation is 2. The minimum Gasteiger partial charge on any atom is -0.376 e. The molecule has 0 spiro atoms. The van der Waals surface area contributed by atoms with Crippen LogP contribution in [0.15, 0.2) is 41.5 Å². The van der Waals surface area contributed by atoms with E-state index >= 15 is 0 Å². The summed E-state index contributed by atoms with van der Waals surface area (Å²) < 4.78 is 10.0. The van der Waals surface area contributed by atoms with Crippen molar-refractivity contribution in [2.75, 3.05) is 19.7 Å². The molecule has 0 amide bonds. The quantitative estimate of drug-likeness (QED) is 0.339. The third-order valence-corrected chi connectivity index (χ3v) is 5.63. The highest BCUT2D eigenvalue weighted by molar-refractivity contribution is 5.80. The molecule has 1 atom stereocenters. The van der Waals surface area contributed by atoms with Crippen molar-refractivity contribution in [3.8, 4) is 0 Å². The van der Waals surface area contributed by atoms with Gasteiger partial charge in [-0.15, -0.1) is 10.2 Å². The van der Waals surface area contributed by atoms with Gasteiger partial charge in [0.25, 0.3) is 0 Å². The lowest BCUT2D eigenvalue weighted by atomic mass is 10.2. The number of nitrogens with zero attached hydrogens (tertiary/aromatic N) is 5. The highest BCUT2D eigenvalue weighted by Crippen LogP contribution is 2.15. The predicted octanol–water partition coefficient (Wildman–Crippen LogP) is 2.38. The Labute approximate surface area is 177 Å². The highest BCUT2D eigenvalue weighted by atomic mass is 16.5. The highest BCUT2D eigenvalue weighted by Gasteiger charge is 2.15. The van der Waals surface area contributed by atoms with Crippen molar-refractivity contribution >= 4 is 16.9 Å². The molecular formula is C22H31N7O. The molecule has 2 aromatic heterocycles. The number of rotatable bonds is 8. The number of aromatic nitrogens is 4. The fraction of sp³-hybridized carbons (Fsp3) is 0.500. The molecule has 3 heterocycles. The molecule has 8 heteroatoms. The lowest BCUT2D eigenvalue weighted by molar-refractivity contribution is 0.114. The van der Waals surface area contributed by atoms with Gasteiger partial charge in [0.05, 0.1) is 6.10 Å². The zero-order valence-electron chi connectivity index (χ0n) is 17.8. The number of para-hydroxylation sites is 1. The van der Waals surface area contributed by atoms with Gasteiger partial charge in [0.1, 0.15) is 12.4 Å². The average molecular weight is 410 g/mol. The van der Waals surface area contributed by atoms with Crippen LogP contribution >= 0.6 is 0 Å². The molecular weight excluding hydrogens is 378 g/mol. The van der Waals surface area contributed by atoms with Gasteiger partial charge in [0.2, 0.25) is 0 Å². The zero-order chi connectivity index (χ0) is 20.8. The zero-order valence-corrected chi connectivity index (χ0v) is 17.8. The summed E-state index contributed by atoms with van der Waals surface area (Å²) in [7, 11) is 1.97. The van der Waals surface area contributed by atoms with Crippen molar-refractivity contribution in [3.63, 3.8) is 0 Å². The van der Waals surface area contributed by atoms with Crippen molar-refractivity contribution in [3.05, 3.63) is 48.2 Å². The molecule has 1 aliphatic heterocycles. The lowest BCUT2D eigenvalue weighted by Crippen LogP contribution is -2.41. The molecule has 0 radical (unpaired) electrons. The van der Waals surface area contributed by atoms with Crippen LogP contribution < -0.4 is 10.6 Å². The Balaban J connectivity index is 1.32. The Kier molecular flexibility index (Phi) is 6.63. The third kappa shape index (κ3) is 4.99. The monoisotopic (exact) mass is 409 g/mol. The predicted molar refractivity (Wildman–Crippen MR) is 118 cm³/mol. The number of nitrogens with one attached hydrogen (secondary N) is 2. The van der Waals surface area contributed by atoms with Crippen molar-refractivity contribution in [1.29, 1.82) is 0 Å². The molecule has 1 aromatic carbocycles. The van der Waals surface area contributed by atoms with Gasteiger partial charge >= 0.3 is 0 Å². The first-order valence-corrected chi connectivity index (χ1v) is 10.7. The van der Waals surface area contributed by atoms with E-state index in [4.69, 9.17) is 9.73 Å². The van der Waals surface area contributed by atoms with Crippen LogP contribution in [0.25, 0.3) is 10.9 Å². The Bertz CT molecular complexity index is 984. The number of hydrogen-bond donors (Lipinski definition) is 2. The SMILES string of the molecule is Cc1nnc(CN=C(NCCCn2ccc3ccccc32)NCC2CCCO2)n1C. The fourth-order valence-corrected chi connectivity index (χ4v) is 3.72. The van der Waals surface area contributed by atoms with E-state index in [1.807, 2.05) is 18.5 Å². The molecule has 3 aromatic rings. The molecule has 2 N–H and O–H groups in total. The van der Waals surface area contributed by atoms with E-state index in [1.165, 1.54) is 10.9 Å². The maximum atomic E-state index is 5.73. The standard InChI is InChI=1S/C22H31N7O/c1-17-26-27-21(28(17)2)16-25-22(24-15-19-8-5-14-30-19)23-11-6-12-29-13-10-18-7-3-4-9-20(18)29/h3-4,7,9-10,13,19H,5-6,8,11-12,14-16H2,1-2H3,(H2,23,24,25). The van der Waals surface area contributed by atoms with Crippen LogP contribution in [-0.4, -0.2) is 51.1 Å². The van der Waals surface area contributed by atoms with Gasteiger partial charge in [0, 0.05) is 45.0 Å². The number of ether oxygens (including phenoxy) is 1. The summed E-state index contributed by atoms with van der Waals surface area (Å²) in [6, 6.07) is 10.7. The Morgan fingerprint density at radius 2 is 2.13 bits per heavy atom. The first-order valence-electron chi connectivity index (χ1n) is 10.7. The van der Waals surface area contributed by atoms with E-state index in [0.717, 1.165) is 63.1 Å². The number of fused-ring (bicyclic) bond motifs is 1. The van der Waals surface area contributed by atoms with E-state index in [9.17, 15) is 0 Å². The molecule has 0 bridgehead atoms. The molecule has 160 valence electrons. The third-order valence-electron chi connectivity index (χ3n) is 5.63. The Hall–Kier alpha value is -2.87. The molecule has 4 rings (SSSR count). The summed E-state index contributed by atoms with van der Waals surface area (Å²) in [6.45, 7) is 5.85. The van der Waals surface area contributed by atoms with E-state index in [2.05, 4.69) is 61.9 Å². The first kappa shape index (κ1) is 20.4. The summed E-state index contributed by atoms with van der Waals surface area (Å²) in [5.41, 5.74) is 1.28. The minimum absolute atomic E-state index is 0.264. The second kappa shape index (κ2) is 9.75. The maximum absolute atomic E-state index is 5.73. The second-order valence-electron chi connectivity index (χ2n) is 7.75. The summed E-state index contributed by atoms with van der Waals surface area (Å²) >= 11 is 0. The molecule has 1 fully saturated rings. The van der Waals surface area contributed by atoms with Crippen LogP contribution in [0.4, 0.5) is 0 Å². The van der Waals surface area contributed by atoms with Gasteiger partial charge in [0.15, 0.2) is 11.8 Å². The Morgan fingerprint density at radius 1 is 1.23 bits per heavy atom. The molecule has 1 aliphatic rings. The summed E-state index contributed by atoms with van der Waals surface area (Å²) in [6.07, 6.45) is 5.66. The van der Waals surface area contributed by atoms with Gasteiger partial charge in [-0.1, -0.05) is 18.2 Å². The maximum Gasteiger partial charge on any atom is 0.191 e. The van der Waals surface area contributed by atoms with Gasteiger partial charge in [-0.05, 0) is 43.7 Å². The molecule has 8 nitrogen and oxygen atoms in total. The Morgan fingerprint density at radius 3 is 2.93 bits per heavy atom. The number of benzene rings is 1. The van der Waals surface area contributed by atoms with E-state index < -0.39 is 0 Å². The first-order chi connectivity index (χ1) is 14.7. The molecule has 1 saturated heterocycles. The summed E-state index contributed by atoms with van der Waals surface area (Å²) in [4.78, 5) is 4.72. The van der Waals surface area contributed by atoms with Crippen molar-refractivity contribution in [2.45, 2.75) is 45.4 Å². The van der Waals surface area contributed by atoms with Gasteiger partial charge in [-0.2, -0.15) is 0 Å². The van der Waals surface area contributed by atoms with Crippen LogP contribution in [-0.2, 0) is 24.9 Å². The molecule has 30 heavy (non-hydrogen) atoms. The van der Waals surface area contributed by atoms with E-state index in [0.29, 0.717) is 6.54 Å². The molecule has 0 aliphatic carbocycles. The van der Waals surface area contributed by atoms with Crippen LogP contribution in [0.2, 0.25) is 0 Å². The van der Waals surface area contributed by atoms with Crippen molar-refractivity contribution in [1.82, 2.24) is 30.0 Å². The molecule has 0 saturated carbocycles. The second-order valence-corrected chi connectivity index (χ2v) is 7.75. The minimum atomic E-state index is 0.264. The largest absolute Gasteiger partial charge is 0.376 e.